The Morgan fingerprint density at radius 1 is 1.44 bits per heavy atom. The van der Waals surface area contributed by atoms with E-state index in [9.17, 15) is 9.18 Å². The summed E-state index contributed by atoms with van der Waals surface area (Å²) < 4.78 is 18.3. The van der Waals surface area contributed by atoms with Crippen LogP contribution in [0.25, 0.3) is 0 Å². The van der Waals surface area contributed by atoms with Gasteiger partial charge in [-0.2, -0.15) is 0 Å². The molecule has 0 radical (unpaired) electrons. The summed E-state index contributed by atoms with van der Waals surface area (Å²) in [6.45, 7) is 5.72. The summed E-state index contributed by atoms with van der Waals surface area (Å²) in [6.07, 6.45) is -0.427. The minimum atomic E-state index is -0.542. The van der Waals surface area contributed by atoms with Crippen LogP contribution in [0.1, 0.15) is 26.3 Å². The summed E-state index contributed by atoms with van der Waals surface area (Å²) >= 11 is 3.23. The summed E-state index contributed by atoms with van der Waals surface area (Å²) in [7, 11) is 0. The van der Waals surface area contributed by atoms with Gasteiger partial charge in [0.1, 0.15) is 11.4 Å². The van der Waals surface area contributed by atoms with E-state index < -0.39 is 11.7 Å². The number of carbonyl (C=O) groups is 1. The third-order valence-corrected chi connectivity index (χ3v) is 2.66. The van der Waals surface area contributed by atoms with Crippen LogP contribution in [0, 0.1) is 5.82 Å². The first-order valence-corrected chi connectivity index (χ1v) is 6.72. The van der Waals surface area contributed by atoms with Crippen LogP contribution < -0.4 is 0 Å². The molecule has 1 aromatic rings. The third-order valence-electron chi connectivity index (χ3n) is 2.06. The van der Waals surface area contributed by atoms with Crippen LogP contribution in [0.4, 0.5) is 9.18 Å². The van der Waals surface area contributed by atoms with Crippen molar-refractivity contribution in [1.82, 2.24) is 4.90 Å². The summed E-state index contributed by atoms with van der Waals surface area (Å²) in [5.74, 6) is -0.314. The van der Waals surface area contributed by atoms with Crippen molar-refractivity contribution in [3.63, 3.8) is 0 Å². The van der Waals surface area contributed by atoms with E-state index in [2.05, 4.69) is 15.9 Å². The zero-order valence-corrected chi connectivity index (χ0v) is 12.3. The average Bonchev–Trinajstić information content (AvgIpc) is 2.23. The van der Waals surface area contributed by atoms with Gasteiger partial charge in [-0.3, -0.25) is 4.90 Å². The lowest BCUT2D eigenvalue weighted by atomic mass is 10.2. The quantitative estimate of drug-likeness (QED) is 0.624. The van der Waals surface area contributed by atoms with Crippen molar-refractivity contribution in [2.24, 2.45) is 0 Å². The van der Waals surface area contributed by atoms with Crippen LogP contribution in [-0.4, -0.2) is 22.0 Å². The Labute approximate surface area is 115 Å². The summed E-state index contributed by atoms with van der Waals surface area (Å²) in [4.78, 5) is 13.3. The number of benzene rings is 1. The van der Waals surface area contributed by atoms with Crippen molar-refractivity contribution < 1.29 is 13.9 Å². The molecular formula is C13H17BrFNO2. The fourth-order valence-corrected chi connectivity index (χ4v) is 1.72. The molecule has 5 heteroatoms. The van der Waals surface area contributed by atoms with E-state index in [1.54, 1.807) is 32.9 Å². The van der Waals surface area contributed by atoms with Gasteiger partial charge in [0.25, 0.3) is 0 Å². The van der Waals surface area contributed by atoms with Crippen LogP contribution >= 0.6 is 15.9 Å². The molecule has 18 heavy (non-hydrogen) atoms. The second-order valence-corrected chi connectivity index (χ2v) is 5.43. The van der Waals surface area contributed by atoms with Crippen LogP contribution in [0.5, 0.6) is 0 Å². The maximum absolute atomic E-state index is 13.0. The molecule has 0 fully saturated rings. The van der Waals surface area contributed by atoms with E-state index in [1.807, 2.05) is 0 Å². The first-order valence-electron chi connectivity index (χ1n) is 5.60. The van der Waals surface area contributed by atoms with Crippen LogP contribution in [0.2, 0.25) is 0 Å². The van der Waals surface area contributed by atoms with Gasteiger partial charge in [-0.25, -0.2) is 9.18 Å². The molecule has 0 heterocycles. The molecule has 0 unspecified atom stereocenters. The number of hydrogen-bond acceptors (Lipinski definition) is 2. The number of hydrogen-bond donors (Lipinski definition) is 0. The Balaban J connectivity index is 2.70. The maximum Gasteiger partial charge on any atom is 0.411 e. The normalized spacial score (nSPS) is 11.2. The molecule has 100 valence electrons. The molecule has 0 bridgehead atoms. The summed E-state index contributed by atoms with van der Waals surface area (Å²) in [5, 5.41) is 0. The standard InChI is InChI=1S/C13H17BrFNO2/c1-13(2,3)18-12(17)16(9-14)8-10-5-4-6-11(15)7-10/h4-7H,8-9H2,1-3H3. The Kier molecular flexibility index (Phi) is 5.14. The highest BCUT2D eigenvalue weighted by molar-refractivity contribution is 9.09. The van der Waals surface area contributed by atoms with E-state index in [4.69, 9.17) is 4.74 Å². The van der Waals surface area contributed by atoms with E-state index in [0.29, 0.717) is 12.0 Å². The van der Waals surface area contributed by atoms with Gasteiger partial charge in [0.2, 0.25) is 0 Å². The zero-order chi connectivity index (χ0) is 13.8. The van der Waals surface area contributed by atoms with Gasteiger partial charge in [0, 0.05) is 6.54 Å². The molecule has 1 aromatic carbocycles. The minimum Gasteiger partial charge on any atom is -0.444 e. The predicted octanol–water partition coefficient (Wildman–Crippen LogP) is 3.92. The van der Waals surface area contributed by atoms with Gasteiger partial charge in [-0.1, -0.05) is 28.1 Å². The maximum atomic E-state index is 13.0. The fraction of sp³-hybridized carbons (Fsp3) is 0.462. The number of ether oxygens (including phenoxy) is 1. The van der Waals surface area contributed by atoms with E-state index in [-0.39, 0.29) is 5.82 Å². The molecule has 0 aliphatic heterocycles. The van der Waals surface area contributed by atoms with Crippen LogP contribution in [0.3, 0.4) is 0 Å². The molecule has 0 aliphatic carbocycles. The van der Waals surface area contributed by atoms with Gasteiger partial charge < -0.3 is 4.74 Å². The lowest BCUT2D eigenvalue weighted by Crippen LogP contribution is -2.35. The lowest BCUT2D eigenvalue weighted by Gasteiger charge is -2.26. The van der Waals surface area contributed by atoms with Gasteiger partial charge >= 0.3 is 6.09 Å². The average molecular weight is 318 g/mol. The number of rotatable bonds is 3. The lowest BCUT2D eigenvalue weighted by molar-refractivity contribution is 0.0275. The SMILES string of the molecule is CC(C)(C)OC(=O)N(CBr)Cc1cccc(F)c1. The van der Waals surface area contributed by atoms with Crippen molar-refractivity contribution in [2.75, 3.05) is 5.45 Å². The molecular weight excluding hydrogens is 301 g/mol. The number of nitrogens with zero attached hydrogens (tertiary/aromatic N) is 1. The highest BCUT2D eigenvalue weighted by Gasteiger charge is 2.21. The molecule has 0 aromatic heterocycles. The second-order valence-electron chi connectivity index (χ2n) is 4.93. The van der Waals surface area contributed by atoms with E-state index in [0.717, 1.165) is 5.56 Å². The van der Waals surface area contributed by atoms with Gasteiger partial charge in [0.05, 0.1) is 5.45 Å². The Morgan fingerprint density at radius 3 is 2.61 bits per heavy atom. The van der Waals surface area contributed by atoms with Gasteiger partial charge in [-0.05, 0) is 38.5 Å². The van der Waals surface area contributed by atoms with Crippen molar-refractivity contribution in [1.29, 1.82) is 0 Å². The molecule has 0 saturated carbocycles. The van der Waals surface area contributed by atoms with Crippen molar-refractivity contribution in [3.8, 4) is 0 Å². The van der Waals surface area contributed by atoms with Crippen LogP contribution in [0.15, 0.2) is 24.3 Å². The highest BCUT2D eigenvalue weighted by atomic mass is 79.9. The van der Waals surface area contributed by atoms with Crippen molar-refractivity contribution >= 4 is 22.0 Å². The molecule has 0 atom stereocenters. The Hall–Kier alpha value is -1.10. The Bertz CT molecular complexity index is 418. The minimum absolute atomic E-state index is 0.303. The monoisotopic (exact) mass is 317 g/mol. The van der Waals surface area contributed by atoms with Crippen molar-refractivity contribution in [2.45, 2.75) is 32.9 Å². The third kappa shape index (κ3) is 5.04. The largest absolute Gasteiger partial charge is 0.444 e. The first kappa shape index (κ1) is 15.0. The van der Waals surface area contributed by atoms with Gasteiger partial charge in [-0.15, -0.1) is 0 Å². The van der Waals surface area contributed by atoms with E-state index >= 15 is 0 Å². The molecule has 1 rings (SSSR count). The number of carbonyl (C=O) groups excluding carboxylic acids is 1. The van der Waals surface area contributed by atoms with E-state index in [1.165, 1.54) is 17.0 Å². The number of amides is 1. The van der Waals surface area contributed by atoms with Gasteiger partial charge in [0.15, 0.2) is 0 Å². The predicted molar refractivity (Wildman–Crippen MR) is 72.0 cm³/mol. The number of halogens is 2. The smallest absolute Gasteiger partial charge is 0.411 e. The fourth-order valence-electron chi connectivity index (χ4n) is 1.34. The number of alkyl halides is 1. The second kappa shape index (κ2) is 6.18. The molecule has 0 N–H and O–H groups in total. The highest BCUT2D eigenvalue weighted by Crippen LogP contribution is 2.14. The molecule has 0 spiro atoms. The molecule has 0 aliphatic rings. The molecule has 1 amide bonds. The van der Waals surface area contributed by atoms with Crippen molar-refractivity contribution in [3.05, 3.63) is 35.6 Å². The summed E-state index contributed by atoms with van der Waals surface area (Å²) in [5.41, 5.74) is 0.512. The molecule has 0 saturated heterocycles. The van der Waals surface area contributed by atoms with Crippen LogP contribution in [-0.2, 0) is 11.3 Å². The topological polar surface area (TPSA) is 29.5 Å². The first-order chi connectivity index (χ1) is 8.31. The zero-order valence-electron chi connectivity index (χ0n) is 10.7. The Morgan fingerprint density at radius 2 is 2.11 bits per heavy atom. The molecule has 3 nitrogen and oxygen atoms in total. The summed E-state index contributed by atoms with van der Waals surface area (Å²) in [6, 6.07) is 6.16.